The lowest BCUT2D eigenvalue weighted by atomic mass is 9.64. The fraction of sp³-hybridized carbons (Fsp3) is 0.667. The molecule has 3 nitrogen and oxygen atoms in total. The van der Waals surface area contributed by atoms with Gasteiger partial charge in [-0.3, -0.25) is 4.98 Å². The van der Waals surface area contributed by atoms with Gasteiger partial charge in [-0.25, -0.2) is 4.39 Å². The monoisotopic (exact) mass is 266 g/mol. The normalized spacial score (nSPS) is 26.8. The van der Waals surface area contributed by atoms with E-state index < -0.39 is 0 Å². The van der Waals surface area contributed by atoms with Crippen LogP contribution in [0.25, 0.3) is 0 Å². The Morgan fingerprint density at radius 1 is 1.53 bits per heavy atom. The molecule has 1 aliphatic carbocycles. The smallest absolute Gasteiger partial charge is 0.141 e. The van der Waals surface area contributed by atoms with Crippen molar-refractivity contribution in [2.75, 3.05) is 6.61 Å². The van der Waals surface area contributed by atoms with E-state index in [1.165, 1.54) is 12.3 Å². The lowest BCUT2D eigenvalue weighted by Gasteiger charge is -2.52. The number of halogens is 1. The van der Waals surface area contributed by atoms with E-state index in [4.69, 9.17) is 4.74 Å². The number of aromatic nitrogens is 1. The zero-order valence-electron chi connectivity index (χ0n) is 12.1. The van der Waals surface area contributed by atoms with Gasteiger partial charge in [0.05, 0.1) is 12.3 Å². The third-order valence-corrected chi connectivity index (χ3v) is 4.22. The van der Waals surface area contributed by atoms with Gasteiger partial charge in [0, 0.05) is 30.3 Å². The summed E-state index contributed by atoms with van der Waals surface area (Å²) in [6, 6.07) is 2.02. The van der Waals surface area contributed by atoms with Crippen molar-refractivity contribution in [3.8, 4) is 0 Å². The van der Waals surface area contributed by atoms with Crippen LogP contribution in [0, 0.1) is 11.2 Å². The average molecular weight is 266 g/mol. The number of ether oxygens (including phenoxy) is 1. The van der Waals surface area contributed by atoms with Crippen LogP contribution in [0.4, 0.5) is 4.39 Å². The number of rotatable bonds is 5. The molecular weight excluding hydrogens is 243 g/mol. The van der Waals surface area contributed by atoms with Gasteiger partial charge >= 0.3 is 0 Å². The molecule has 3 atom stereocenters. The van der Waals surface area contributed by atoms with Crippen molar-refractivity contribution < 1.29 is 9.13 Å². The fourth-order valence-corrected chi connectivity index (χ4v) is 2.72. The summed E-state index contributed by atoms with van der Waals surface area (Å²) in [5.74, 6) is -0.286. The number of pyridine rings is 1. The number of nitrogens with one attached hydrogen (secondary N) is 1. The minimum absolute atomic E-state index is 0.0926. The van der Waals surface area contributed by atoms with Crippen LogP contribution in [0.2, 0.25) is 0 Å². The highest BCUT2D eigenvalue weighted by Gasteiger charge is 2.49. The van der Waals surface area contributed by atoms with Gasteiger partial charge in [-0.05, 0) is 31.9 Å². The first-order chi connectivity index (χ1) is 8.95. The molecule has 1 N–H and O–H groups in total. The first-order valence-corrected chi connectivity index (χ1v) is 6.93. The minimum Gasteiger partial charge on any atom is -0.378 e. The summed E-state index contributed by atoms with van der Waals surface area (Å²) < 4.78 is 18.9. The van der Waals surface area contributed by atoms with Crippen LogP contribution in [0.1, 0.15) is 45.7 Å². The maximum Gasteiger partial charge on any atom is 0.141 e. The van der Waals surface area contributed by atoms with Crippen LogP contribution in [0.3, 0.4) is 0 Å². The summed E-state index contributed by atoms with van der Waals surface area (Å²) in [5, 5.41) is 3.55. The Morgan fingerprint density at radius 2 is 2.26 bits per heavy atom. The largest absolute Gasteiger partial charge is 0.378 e. The molecule has 106 valence electrons. The molecule has 0 aliphatic heterocycles. The summed E-state index contributed by atoms with van der Waals surface area (Å²) >= 11 is 0. The summed E-state index contributed by atoms with van der Waals surface area (Å²) in [5.41, 5.74) is 1.00. The topological polar surface area (TPSA) is 34.1 Å². The Balaban J connectivity index is 1.96. The van der Waals surface area contributed by atoms with E-state index >= 15 is 0 Å². The first kappa shape index (κ1) is 14.4. The predicted molar refractivity (Wildman–Crippen MR) is 73.3 cm³/mol. The van der Waals surface area contributed by atoms with Crippen LogP contribution in [-0.4, -0.2) is 23.7 Å². The number of nitrogens with zero attached hydrogens (tertiary/aromatic N) is 1. The van der Waals surface area contributed by atoms with Gasteiger partial charge in [0.1, 0.15) is 5.82 Å². The molecule has 1 heterocycles. The number of hydrogen-bond acceptors (Lipinski definition) is 3. The van der Waals surface area contributed by atoms with Gasteiger partial charge in [0.2, 0.25) is 0 Å². The van der Waals surface area contributed by atoms with E-state index in [9.17, 15) is 4.39 Å². The molecule has 1 aromatic rings. The third-order valence-electron chi connectivity index (χ3n) is 4.22. The summed E-state index contributed by atoms with van der Waals surface area (Å²) in [6.45, 7) is 9.25. The van der Waals surface area contributed by atoms with E-state index in [0.29, 0.717) is 12.1 Å². The molecule has 0 spiro atoms. The zero-order valence-corrected chi connectivity index (χ0v) is 12.1. The molecule has 19 heavy (non-hydrogen) atoms. The maximum absolute atomic E-state index is 13.2. The molecule has 1 saturated carbocycles. The molecule has 1 fully saturated rings. The highest BCUT2D eigenvalue weighted by atomic mass is 19.1. The molecular formula is C15H23FN2O. The van der Waals surface area contributed by atoms with Crippen LogP contribution in [-0.2, 0) is 4.74 Å². The van der Waals surface area contributed by atoms with Gasteiger partial charge in [0.25, 0.3) is 0 Å². The van der Waals surface area contributed by atoms with E-state index in [-0.39, 0.29) is 17.3 Å². The summed E-state index contributed by atoms with van der Waals surface area (Å²) in [4.78, 5) is 3.90. The second-order valence-corrected chi connectivity index (χ2v) is 5.88. The lowest BCUT2D eigenvalue weighted by molar-refractivity contribution is -0.116. The SMILES string of the molecule is CCOC1CC(NC(C)c2cncc(F)c2)C1(C)C. The second kappa shape index (κ2) is 5.55. The molecule has 3 unspecified atom stereocenters. The standard InChI is InChI=1S/C15H23FN2O/c1-5-19-14-7-13(15(14,3)4)18-10(2)11-6-12(16)9-17-8-11/h6,8-10,13-14,18H,5,7H2,1-4H3. The van der Waals surface area contributed by atoms with Gasteiger partial charge in [0.15, 0.2) is 0 Å². The number of hydrogen-bond donors (Lipinski definition) is 1. The molecule has 1 aromatic heterocycles. The molecule has 0 saturated heterocycles. The average Bonchev–Trinajstić information content (AvgIpc) is 2.37. The van der Waals surface area contributed by atoms with Crippen molar-refractivity contribution in [3.63, 3.8) is 0 Å². The third kappa shape index (κ3) is 2.95. The van der Waals surface area contributed by atoms with Crippen molar-refractivity contribution in [2.24, 2.45) is 5.41 Å². The fourth-order valence-electron chi connectivity index (χ4n) is 2.72. The molecule has 0 radical (unpaired) electrons. The van der Waals surface area contributed by atoms with Crippen molar-refractivity contribution >= 4 is 0 Å². The highest BCUT2D eigenvalue weighted by Crippen LogP contribution is 2.43. The van der Waals surface area contributed by atoms with Crippen molar-refractivity contribution in [1.29, 1.82) is 0 Å². The molecule has 0 amide bonds. The van der Waals surface area contributed by atoms with Crippen LogP contribution < -0.4 is 5.32 Å². The van der Waals surface area contributed by atoms with Crippen molar-refractivity contribution in [2.45, 2.75) is 52.3 Å². The predicted octanol–water partition coefficient (Wildman–Crippen LogP) is 3.07. The molecule has 2 rings (SSSR count). The Morgan fingerprint density at radius 3 is 2.84 bits per heavy atom. The lowest BCUT2D eigenvalue weighted by Crippen LogP contribution is -2.61. The molecule has 0 bridgehead atoms. The minimum atomic E-state index is -0.286. The maximum atomic E-state index is 13.2. The first-order valence-electron chi connectivity index (χ1n) is 6.93. The van der Waals surface area contributed by atoms with Crippen LogP contribution in [0.5, 0.6) is 0 Å². The van der Waals surface area contributed by atoms with Gasteiger partial charge in [-0.15, -0.1) is 0 Å². The zero-order chi connectivity index (χ0) is 14.0. The Kier molecular flexibility index (Phi) is 4.21. The van der Waals surface area contributed by atoms with E-state index in [1.54, 1.807) is 6.20 Å². The summed E-state index contributed by atoms with van der Waals surface area (Å²) in [7, 11) is 0. The van der Waals surface area contributed by atoms with Gasteiger partial charge in [-0.1, -0.05) is 13.8 Å². The van der Waals surface area contributed by atoms with Crippen molar-refractivity contribution in [1.82, 2.24) is 10.3 Å². The summed E-state index contributed by atoms with van der Waals surface area (Å²) in [6.07, 6.45) is 4.27. The molecule has 4 heteroatoms. The van der Waals surface area contributed by atoms with Crippen molar-refractivity contribution in [3.05, 3.63) is 29.8 Å². The van der Waals surface area contributed by atoms with E-state index in [2.05, 4.69) is 24.1 Å². The van der Waals surface area contributed by atoms with Crippen LogP contribution >= 0.6 is 0 Å². The van der Waals surface area contributed by atoms with E-state index in [0.717, 1.165) is 18.6 Å². The second-order valence-electron chi connectivity index (χ2n) is 5.88. The highest BCUT2D eigenvalue weighted by molar-refractivity contribution is 5.16. The Labute approximate surface area is 114 Å². The quantitative estimate of drug-likeness (QED) is 0.889. The molecule has 1 aliphatic rings. The Bertz CT molecular complexity index is 436. The molecule has 0 aromatic carbocycles. The van der Waals surface area contributed by atoms with Gasteiger partial charge < -0.3 is 10.1 Å². The van der Waals surface area contributed by atoms with Crippen LogP contribution in [0.15, 0.2) is 18.5 Å². The Hall–Kier alpha value is -1.00. The van der Waals surface area contributed by atoms with Gasteiger partial charge in [-0.2, -0.15) is 0 Å². The van der Waals surface area contributed by atoms with E-state index in [1.807, 2.05) is 13.8 Å².